The second-order valence-electron chi connectivity index (χ2n) is 7.80. The van der Waals surface area contributed by atoms with Crippen LogP contribution in [0.25, 0.3) is 0 Å². The molecule has 0 saturated carbocycles. The summed E-state index contributed by atoms with van der Waals surface area (Å²) < 4.78 is 26.3. The molecule has 0 aliphatic carbocycles. The highest BCUT2D eigenvalue weighted by Gasteiger charge is 2.18. The molecule has 31 heavy (non-hydrogen) atoms. The summed E-state index contributed by atoms with van der Waals surface area (Å²) in [5.74, 6) is -0.142. The van der Waals surface area contributed by atoms with Gasteiger partial charge in [-0.25, -0.2) is 8.42 Å². The van der Waals surface area contributed by atoms with Gasteiger partial charge in [-0.3, -0.25) is 9.10 Å². The maximum atomic E-state index is 12.4. The summed E-state index contributed by atoms with van der Waals surface area (Å²) in [6, 6.07) is 22.8. The van der Waals surface area contributed by atoms with Gasteiger partial charge in [0.25, 0.3) is 5.91 Å². The number of nitrogens with one attached hydrogen (secondary N) is 1. The van der Waals surface area contributed by atoms with Crippen molar-refractivity contribution in [2.24, 2.45) is 0 Å². The summed E-state index contributed by atoms with van der Waals surface area (Å²) in [6.07, 6.45) is 1.98. The summed E-state index contributed by atoms with van der Waals surface area (Å²) >= 11 is 0. The van der Waals surface area contributed by atoms with Gasteiger partial charge in [0.15, 0.2) is 0 Å². The van der Waals surface area contributed by atoms with E-state index in [-0.39, 0.29) is 12.5 Å². The van der Waals surface area contributed by atoms with E-state index in [1.165, 1.54) is 16.1 Å². The number of rotatable bonds is 8. The Labute approximate surface area is 184 Å². The number of benzene rings is 3. The van der Waals surface area contributed by atoms with Crippen LogP contribution < -0.4 is 9.62 Å². The molecule has 3 rings (SSSR count). The fraction of sp³-hybridized carbons (Fsp3) is 0.240. The topological polar surface area (TPSA) is 66.5 Å². The van der Waals surface area contributed by atoms with Gasteiger partial charge in [-0.15, -0.1) is 0 Å². The van der Waals surface area contributed by atoms with E-state index in [4.69, 9.17) is 0 Å². The van der Waals surface area contributed by atoms with E-state index >= 15 is 0 Å². The van der Waals surface area contributed by atoms with Crippen LogP contribution in [0.3, 0.4) is 0 Å². The maximum Gasteiger partial charge on any atom is 0.251 e. The minimum atomic E-state index is -3.46. The first kappa shape index (κ1) is 22.6. The lowest BCUT2D eigenvalue weighted by Gasteiger charge is -2.23. The molecule has 0 bridgehead atoms. The lowest BCUT2D eigenvalue weighted by atomic mass is 10.1. The first-order valence-electron chi connectivity index (χ1n) is 10.2. The average molecular weight is 437 g/mol. The molecule has 0 unspecified atom stereocenters. The second-order valence-corrected chi connectivity index (χ2v) is 9.71. The van der Waals surface area contributed by atoms with Crippen molar-refractivity contribution in [2.75, 3.05) is 17.1 Å². The largest absolute Gasteiger partial charge is 0.352 e. The van der Waals surface area contributed by atoms with Gasteiger partial charge in [0.2, 0.25) is 10.0 Å². The van der Waals surface area contributed by atoms with E-state index in [1.54, 1.807) is 24.3 Å². The number of carbonyl (C=O) groups is 1. The third kappa shape index (κ3) is 6.43. The van der Waals surface area contributed by atoms with Crippen LogP contribution in [-0.2, 0) is 23.0 Å². The molecule has 0 spiro atoms. The van der Waals surface area contributed by atoms with Crippen molar-refractivity contribution in [3.63, 3.8) is 0 Å². The van der Waals surface area contributed by atoms with E-state index < -0.39 is 10.0 Å². The van der Waals surface area contributed by atoms with Crippen LogP contribution in [0.4, 0.5) is 5.69 Å². The van der Waals surface area contributed by atoms with Crippen LogP contribution >= 0.6 is 0 Å². The summed E-state index contributed by atoms with van der Waals surface area (Å²) in [4.78, 5) is 12.4. The molecule has 1 N–H and O–H groups in total. The van der Waals surface area contributed by atoms with Crippen molar-refractivity contribution < 1.29 is 13.2 Å². The molecule has 0 fully saturated rings. The Hall–Kier alpha value is -3.12. The van der Waals surface area contributed by atoms with Crippen LogP contribution in [0, 0.1) is 13.8 Å². The van der Waals surface area contributed by atoms with E-state index in [9.17, 15) is 13.2 Å². The predicted octanol–water partition coefficient (Wildman–Crippen LogP) is 4.24. The Morgan fingerprint density at radius 3 is 2.06 bits per heavy atom. The monoisotopic (exact) mass is 436 g/mol. The molecule has 6 heteroatoms. The smallest absolute Gasteiger partial charge is 0.251 e. The van der Waals surface area contributed by atoms with E-state index in [0.717, 1.165) is 23.1 Å². The zero-order valence-electron chi connectivity index (χ0n) is 18.1. The maximum absolute atomic E-state index is 12.4. The molecule has 0 radical (unpaired) electrons. The second kappa shape index (κ2) is 9.79. The third-order valence-corrected chi connectivity index (χ3v) is 6.12. The number of hydrogen-bond donors (Lipinski definition) is 1. The molecule has 0 aliphatic rings. The highest BCUT2D eigenvalue weighted by molar-refractivity contribution is 7.92. The zero-order valence-corrected chi connectivity index (χ0v) is 18.9. The Morgan fingerprint density at radius 1 is 0.871 bits per heavy atom. The highest BCUT2D eigenvalue weighted by atomic mass is 32.2. The number of sulfonamides is 1. The van der Waals surface area contributed by atoms with Crippen molar-refractivity contribution in [3.8, 4) is 0 Å². The van der Waals surface area contributed by atoms with Gasteiger partial charge < -0.3 is 5.32 Å². The number of nitrogens with zero attached hydrogens (tertiary/aromatic N) is 1. The Balaban J connectivity index is 1.67. The summed E-state index contributed by atoms with van der Waals surface area (Å²) in [5.41, 5.74) is 5.19. The first-order valence-corrected chi connectivity index (χ1v) is 12.0. The standard InChI is InChI=1S/C25H28N2O3S/c1-19-15-20(2)17-24(16-19)27(31(3,29)30)18-22-9-11-23(12-10-22)25(28)26-14-13-21-7-5-4-6-8-21/h4-12,15-17H,13-14,18H2,1-3H3,(H,26,28). The van der Waals surface area contributed by atoms with E-state index in [1.807, 2.05) is 62.4 Å². The fourth-order valence-electron chi connectivity index (χ4n) is 3.49. The third-order valence-electron chi connectivity index (χ3n) is 4.98. The highest BCUT2D eigenvalue weighted by Crippen LogP contribution is 2.23. The number of aryl methyl sites for hydroxylation is 2. The van der Waals surface area contributed by atoms with Crippen molar-refractivity contribution in [2.45, 2.75) is 26.8 Å². The number of hydrogen-bond acceptors (Lipinski definition) is 3. The number of anilines is 1. The molecule has 3 aromatic carbocycles. The lowest BCUT2D eigenvalue weighted by Crippen LogP contribution is -2.29. The van der Waals surface area contributed by atoms with Crippen molar-refractivity contribution in [1.29, 1.82) is 0 Å². The molecule has 0 aromatic heterocycles. The summed E-state index contributed by atoms with van der Waals surface area (Å²) in [7, 11) is -3.46. The lowest BCUT2D eigenvalue weighted by molar-refractivity contribution is 0.0954. The SMILES string of the molecule is Cc1cc(C)cc(N(Cc2ccc(C(=O)NCCc3ccccc3)cc2)S(C)(=O)=O)c1. The molecule has 0 atom stereocenters. The van der Waals surface area contributed by atoms with Gasteiger partial charge in [-0.2, -0.15) is 0 Å². The molecular formula is C25H28N2O3S. The molecular weight excluding hydrogens is 408 g/mol. The van der Waals surface area contributed by atoms with Crippen molar-refractivity contribution in [1.82, 2.24) is 5.32 Å². The van der Waals surface area contributed by atoms with Crippen molar-refractivity contribution >= 4 is 21.6 Å². The fourth-order valence-corrected chi connectivity index (χ4v) is 4.36. The van der Waals surface area contributed by atoms with Crippen LogP contribution in [0.2, 0.25) is 0 Å². The molecule has 3 aromatic rings. The van der Waals surface area contributed by atoms with E-state index in [2.05, 4.69) is 5.32 Å². The van der Waals surface area contributed by atoms with Gasteiger partial charge >= 0.3 is 0 Å². The number of carbonyl (C=O) groups excluding carboxylic acids is 1. The van der Waals surface area contributed by atoms with Crippen LogP contribution in [-0.4, -0.2) is 27.1 Å². The van der Waals surface area contributed by atoms with Crippen LogP contribution in [0.5, 0.6) is 0 Å². The summed E-state index contributed by atoms with van der Waals surface area (Å²) in [5, 5.41) is 2.92. The minimum absolute atomic E-state index is 0.142. The zero-order chi connectivity index (χ0) is 22.4. The first-order chi connectivity index (χ1) is 14.7. The molecule has 0 aliphatic heterocycles. The number of amides is 1. The van der Waals surface area contributed by atoms with Crippen molar-refractivity contribution in [3.05, 3.63) is 101 Å². The van der Waals surface area contributed by atoms with E-state index in [0.29, 0.717) is 17.8 Å². The minimum Gasteiger partial charge on any atom is -0.352 e. The van der Waals surface area contributed by atoms with Gasteiger partial charge in [0.05, 0.1) is 18.5 Å². The Bertz CT molecular complexity index is 1120. The van der Waals surface area contributed by atoms with Crippen LogP contribution in [0.15, 0.2) is 72.8 Å². The predicted molar refractivity (Wildman–Crippen MR) is 126 cm³/mol. The summed E-state index contributed by atoms with van der Waals surface area (Å²) in [6.45, 7) is 4.65. The molecule has 5 nitrogen and oxygen atoms in total. The van der Waals surface area contributed by atoms with Gasteiger partial charge in [-0.05, 0) is 66.8 Å². The molecule has 1 amide bonds. The normalized spacial score (nSPS) is 11.2. The van der Waals surface area contributed by atoms with Gasteiger partial charge in [0.1, 0.15) is 0 Å². The quantitative estimate of drug-likeness (QED) is 0.574. The molecule has 162 valence electrons. The Morgan fingerprint density at radius 2 is 1.48 bits per heavy atom. The van der Waals surface area contributed by atoms with Gasteiger partial charge in [-0.1, -0.05) is 48.5 Å². The van der Waals surface area contributed by atoms with Crippen LogP contribution in [0.1, 0.15) is 32.6 Å². The average Bonchev–Trinajstić information content (AvgIpc) is 2.71. The van der Waals surface area contributed by atoms with Gasteiger partial charge in [0, 0.05) is 12.1 Å². The molecule has 0 heterocycles. The Kier molecular flexibility index (Phi) is 7.13. The molecule has 0 saturated heterocycles.